The molecule has 2 rings (SSSR count). The number of halogens is 1. The Balaban J connectivity index is 0.00000200. The molecule has 0 spiro atoms. The average molecular weight is 299 g/mol. The van der Waals surface area contributed by atoms with E-state index in [1.807, 2.05) is 0 Å². The molecule has 0 aromatic carbocycles. The van der Waals surface area contributed by atoms with Gasteiger partial charge in [-0.05, 0) is 31.4 Å². The number of hydrogen-bond donors (Lipinski definition) is 2. The van der Waals surface area contributed by atoms with E-state index >= 15 is 0 Å². The minimum absolute atomic E-state index is 0. The van der Waals surface area contributed by atoms with Crippen LogP contribution in [0.2, 0.25) is 0 Å². The number of piperidine rings is 1. The van der Waals surface area contributed by atoms with Gasteiger partial charge in [-0.3, -0.25) is 9.59 Å². The molecule has 1 saturated heterocycles. The summed E-state index contributed by atoms with van der Waals surface area (Å²) in [5.74, 6) is -0.395. The second-order valence-corrected chi connectivity index (χ2v) is 4.60. The van der Waals surface area contributed by atoms with Gasteiger partial charge in [0.2, 0.25) is 5.91 Å². The summed E-state index contributed by atoms with van der Waals surface area (Å²) in [5, 5.41) is 2.58. The molecule has 1 aromatic heterocycles. The molecule has 1 fully saturated rings. The molecule has 0 atom stereocenters. The molecule has 1 aromatic rings. The number of nitrogens with zero attached hydrogens (tertiary/aromatic N) is 2. The van der Waals surface area contributed by atoms with Crippen molar-refractivity contribution in [1.29, 1.82) is 0 Å². The summed E-state index contributed by atoms with van der Waals surface area (Å²) < 4.78 is 0. The fraction of sp³-hybridized carbons (Fsp3) is 0.462. The molecule has 0 unspecified atom stereocenters. The fourth-order valence-electron chi connectivity index (χ4n) is 2.04. The van der Waals surface area contributed by atoms with E-state index in [9.17, 15) is 9.59 Å². The lowest BCUT2D eigenvalue weighted by molar-refractivity contribution is -0.130. The maximum absolute atomic E-state index is 11.9. The molecule has 1 aliphatic rings. The predicted octanol–water partition coefficient (Wildman–Crippen LogP) is 0.828. The molecule has 2 amide bonds. The second-order valence-electron chi connectivity index (χ2n) is 4.60. The first kappa shape index (κ1) is 16.2. The summed E-state index contributed by atoms with van der Waals surface area (Å²) in [6, 6.07) is 3.14. The van der Waals surface area contributed by atoms with Crippen molar-refractivity contribution < 1.29 is 9.59 Å². The van der Waals surface area contributed by atoms with Crippen LogP contribution in [0.4, 0.5) is 5.69 Å². The van der Waals surface area contributed by atoms with Crippen LogP contribution < -0.4 is 11.1 Å². The zero-order chi connectivity index (χ0) is 13.7. The first-order chi connectivity index (χ1) is 9.16. The monoisotopic (exact) mass is 298 g/mol. The van der Waals surface area contributed by atoms with Crippen LogP contribution in [0.5, 0.6) is 0 Å². The lowest BCUT2D eigenvalue weighted by Crippen LogP contribution is -2.42. The normalized spacial score (nSPS) is 14.3. The molecule has 2 heterocycles. The van der Waals surface area contributed by atoms with Crippen molar-refractivity contribution in [1.82, 2.24) is 15.2 Å². The summed E-state index contributed by atoms with van der Waals surface area (Å²) in [4.78, 5) is 29.3. The van der Waals surface area contributed by atoms with Gasteiger partial charge in [0.15, 0.2) is 0 Å². The number of aromatic nitrogens is 1. The number of nitrogens with one attached hydrogen (secondary N) is 1. The highest BCUT2D eigenvalue weighted by atomic mass is 35.5. The van der Waals surface area contributed by atoms with Crippen LogP contribution >= 0.6 is 12.4 Å². The molecule has 0 radical (unpaired) electrons. The smallest absolute Gasteiger partial charge is 0.270 e. The van der Waals surface area contributed by atoms with Crippen molar-refractivity contribution in [3.63, 3.8) is 0 Å². The van der Waals surface area contributed by atoms with Crippen molar-refractivity contribution >= 4 is 29.9 Å². The van der Waals surface area contributed by atoms with Crippen molar-refractivity contribution in [3.8, 4) is 0 Å². The number of pyridine rings is 1. The van der Waals surface area contributed by atoms with Gasteiger partial charge in [0, 0.05) is 13.1 Å². The Morgan fingerprint density at radius 2 is 1.95 bits per heavy atom. The van der Waals surface area contributed by atoms with Gasteiger partial charge in [-0.2, -0.15) is 0 Å². The molecule has 1 aliphatic heterocycles. The summed E-state index contributed by atoms with van der Waals surface area (Å²) in [7, 11) is 0. The van der Waals surface area contributed by atoms with Crippen LogP contribution in [0.25, 0.3) is 0 Å². The van der Waals surface area contributed by atoms with Crippen molar-refractivity contribution in [3.05, 3.63) is 24.0 Å². The Hall–Kier alpha value is -1.82. The van der Waals surface area contributed by atoms with Gasteiger partial charge in [-0.1, -0.05) is 0 Å². The van der Waals surface area contributed by atoms with Gasteiger partial charge in [0.25, 0.3) is 5.91 Å². The van der Waals surface area contributed by atoms with E-state index in [1.54, 1.807) is 11.0 Å². The highest BCUT2D eigenvalue weighted by Gasteiger charge is 2.17. The Morgan fingerprint density at radius 3 is 2.55 bits per heavy atom. The molecule has 0 saturated carbocycles. The number of nitrogen functional groups attached to an aromatic ring is 1. The Morgan fingerprint density at radius 1 is 1.25 bits per heavy atom. The van der Waals surface area contributed by atoms with Crippen molar-refractivity contribution in [2.75, 3.05) is 25.4 Å². The second kappa shape index (κ2) is 7.69. The van der Waals surface area contributed by atoms with Crippen molar-refractivity contribution in [2.24, 2.45) is 0 Å². The van der Waals surface area contributed by atoms with E-state index in [0.29, 0.717) is 5.69 Å². The van der Waals surface area contributed by atoms with Gasteiger partial charge in [-0.15, -0.1) is 12.4 Å². The Bertz CT molecular complexity index is 458. The van der Waals surface area contributed by atoms with Crippen LogP contribution in [-0.2, 0) is 4.79 Å². The van der Waals surface area contributed by atoms with E-state index in [4.69, 9.17) is 5.73 Å². The van der Waals surface area contributed by atoms with E-state index in [-0.39, 0.29) is 36.5 Å². The highest BCUT2D eigenvalue weighted by molar-refractivity contribution is 5.95. The molecule has 0 bridgehead atoms. The number of hydrogen-bond acceptors (Lipinski definition) is 4. The Kier molecular flexibility index (Phi) is 6.24. The van der Waals surface area contributed by atoms with Gasteiger partial charge < -0.3 is 16.0 Å². The van der Waals surface area contributed by atoms with Crippen LogP contribution in [0.1, 0.15) is 29.8 Å². The molecule has 3 N–H and O–H groups in total. The first-order valence-corrected chi connectivity index (χ1v) is 6.44. The standard InChI is InChI=1S/C13H18N4O2.ClH/c14-10-4-5-11(15-8-10)13(19)16-9-12(18)17-6-2-1-3-7-17;/h4-5,8H,1-3,6-7,9,14H2,(H,16,19);1H. The number of amides is 2. The summed E-state index contributed by atoms with van der Waals surface area (Å²) >= 11 is 0. The number of anilines is 1. The summed E-state index contributed by atoms with van der Waals surface area (Å²) in [6.07, 6.45) is 4.67. The summed E-state index contributed by atoms with van der Waals surface area (Å²) in [6.45, 7) is 1.59. The predicted molar refractivity (Wildman–Crippen MR) is 78.7 cm³/mol. The van der Waals surface area contributed by atoms with Crippen LogP contribution in [0, 0.1) is 0 Å². The largest absolute Gasteiger partial charge is 0.397 e. The van der Waals surface area contributed by atoms with Gasteiger partial charge in [0.1, 0.15) is 5.69 Å². The molecule has 7 heteroatoms. The Labute approximate surface area is 124 Å². The summed E-state index contributed by atoms with van der Waals surface area (Å²) in [5.41, 5.74) is 6.26. The van der Waals surface area contributed by atoms with E-state index in [0.717, 1.165) is 25.9 Å². The number of rotatable bonds is 3. The maximum atomic E-state index is 11.9. The third kappa shape index (κ3) is 4.38. The van der Waals surface area contributed by atoms with E-state index < -0.39 is 0 Å². The topological polar surface area (TPSA) is 88.3 Å². The number of nitrogens with two attached hydrogens (primary N) is 1. The number of likely N-dealkylation sites (tertiary alicyclic amines) is 1. The molecule has 20 heavy (non-hydrogen) atoms. The van der Waals surface area contributed by atoms with Crippen molar-refractivity contribution in [2.45, 2.75) is 19.3 Å². The third-order valence-corrected chi connectivity index (χ3v) is 3.13. The zero-order valence-corrected chi connectivity index (χ0v) is 12.0. The molecule has 0 aliphatic carbocycles. The van der Waals surface area contributed by atoms with Gasteiger partial charge in [-0.25, -0.2) is 4.98 Å². The quantitative estimate of drug-likeness (QED) is 0.865. The lowest BCUT2D eigenvalue weighted by Gasteiger charge is -2.26. The van der Waals surface area contributed by atoms with E-state index in [2.05, 4.69) is 10.3 Å². The zero-order valence-electron chi connectivity index (χ0n) is 11.2. The molecule has 110 valence electrons. The minimum Gasteiger partial charge on any atom is -0.397 e. The number of carbonyl (C=O) groups is 2. The van der Waals surface area contributed by atoms with Crippen LogP contribution in [-0.4, -0.2) is 41.3 Å². The average Bonchev–Trinajstić information content (AvgIpc) is 2.46. The molecular formula is C13H19ClN4O2. The number of carbonyl (C=O) groups excluding carboxylic acids is 2. The van der Waals surface area contributed by atoms with Crippen LogP contribution in [0.3, 0.4) is 0 Å². The minimum atomic E-state index is -0.356. The van der Waals surface area contributed by atoms with Gasteiger partial charge >= 0.3 is 0 Å². The van der Waals surface area contributed by atoms with E-state index in [1.165, 1.54) is 18.7 Å². The van der Waals surface area contributed by atoms with Crippen LogP contribution in [0.15, 0.2) is 18.3 Å². The lowest BCUT2D eigenvalue weighted by atomic mass is 10.1. The molecule has 6 nitrogen and oxygen atoms in total. The highest BCUT2D eigenvalue weighted by Crippen LogP contribution is 2.08. The first-order valence-electron chi connectivity index (χ1n) is 6.44. The third-order valence-electron chi connectivity index (χ3n) is 3.13. The molecular weight excluding hydrogens is 280 g/mol. The fourth-order valence-corrected chi connectivity index (χ4v) is 2.04. The maximum Gasteiger partial charge on any atom is 0.270 e. The van der Waals surface area contributed by atoms with Gasteiger partial charge in [0.05, 0.1) is 18.4 Å². The SMILES string of the molecule is Cl.Nc1ccc(C(=O)NCC(=O)N2CCCCC2)nc1.